The smallest absolute Gasteiger partial charge is 0.318 e. The molecule has 2 aliphatic rings. The zero-order chi connectivity index (χ0) is 13.5. The Labute approximate surface area is 117 Å². The van der Waals surface area contributed by atoms with Crippen LogP contribution in [0.25, 0.3) is 11.3 Å². The summed E-state index contributed by atoms with van der Waals surface area (Å²) in [7, 11) is 0. The topological polar surface area (TPSA) is 50.2 Å². The lowest BCUT2D eigenvalue weighted by atomic mass is 10.2. The van der Waals surface area contributed by atoms with Gasteiger partial charge in [0.05, 0.1) is 5.69 Å². The largest absolute Gasteiger partial charge is 0.329 e. The predicted molar refractivity (Wildman–Crippen MR) is 75.4 cm³/mol. The van der Waals surface area contributed by atoms with Crippen LogP contribution in [-0.2, 0) is 0 Å². The SMILES string of the molecule is O=C(N1CC2CC1CN2)n1cnc(-c2ccccc2)c1. The molecule has 2 aliphatic heterocycles. The van der Waals surface area contributed by atoms with Gasteiger partial charge in [0.15, 0.2) is 0 Å². The molecule has 1 amide bonds. The molecule has 5 nitrogen and oxygen atoms in total. The van der Waals surface area contributed by atoms with E-state index in [1.54, 1.807) is 10.9 Å². The number of nitrogens with zero attached hydrogens (tertiary/aromatic N) is 3. The van der Waals surface area contributed by atoms with Crippen LogP contribution in [0.15, 0.2) is 42.9 Å². The number of piperazine rings is 1. The van der Waals surface area contributed by atoms with Crippen molar-refractivity contribution >= 4 is 6.03 Å². The van der Waals surface area contributed by atoms with Crippen molar-refractivity contribution in [3.05, 3.63) is 42.9 Å². The molecule has 2 bridgehead atoms. The maximum atomic E-state index is 12.5. The van der Waals surface area contributed by atoms with Crippen LogP contribution in [0.2, 0.25) is 0 Å². The molecule has 2 aromatic rings. The highest BCUT2D eigenvalue weighted by atomic mass is 16.2. The molecule has 0 radical (unpaired) electrons. The van der Waals surface area contributed by atoms with Gasteiger partial charge in [-0.05, 0) is 6.42 Å². The number of benzene rings is 1. The van der Waals surface area contributed by atoms with Crippen molar-refractivity contribution in [1.29, 1.82) is 0 Å². The van der Waals surface area contributed by atoms with Gasteiger partial charge in [0.1, 0.15) is 6.33 Å². The van der Waals surface area contributed by atoms with E-state index in [-0.39, 0.29) is 6.03 Å². The minimum absolute atomic E-state index is 0.0358. The lowest BCUT2D eigenvalue weighted by molar-refractivity contribution is 0.186. The monoisotopic (exact) mass is 268 g/mol. The van der Waals surface area contributed by atoms with Crippen molar-refractivity contribution in [3.8, 4) is 11.3 Å². The van der Waals surface area contributed by atoms with Gasteiger partial charge >= 0.3 is 6.03 Å². The molecule has 4 rings (SSSR count). The molecule has 3 heterocycles. The van der Waals surface area contributed by atoms with Gasteiger partial charge in [-0.25, -0.2) is 9.78 Å². The summed E-state index contributed by atoms with van der Waals surface area (Å²) in [5, 5.41) is 3.40. The average molecular weight is 268 g/mol. The van der Waals surface area contributed by atoms with E-state index in [9.17, 15) is 4.79 Å². The molecule has 2 fully saturated rings. The summed E-state index contributed by atoms with van der Waals surface area (Å²) in [6.45, 7) is 1.72. The summed E-state index contributed by atoms with van der Waals surface area (Å²) < 4.78 is 1.60. The van der Waals surface area contributed by atoms with Crippen molar-refractivity contribution in [2.75, 3.05) is 13.1 Å². The summed E-state index contributed by atoms with van der Waals surface area (Å²) in [4.78, 5) is 18.8. The first kappa shape index (κ1) is 11.7. The highest BCUT2D eigenvalue weighted by molar-refractivity contribution is 5.79. The fraction of sp³-hybridized carbons (Fsp3) is 0.333. The van der Waals surface area contributed by atoms with Crippen LogP contribution in [-0.4, -0.2) is 45.7 Å². The minimum atomic E-state index is 0.0358. The van der Waals surface area contributed by atoms with E-state index in [4.69, 9.17) is 0 Å². The number of fused-ring (bicyclic) bond motifs is 2. The number of rotatable bonds is 1. The van der Waals surface area contributed by atoms with Crippen molar-refractivity contribution in [2.45, 2.75) is 18.5 Å². The van der Waals surface area contributed by atoms with Gasteiger partial charge in [-0.1, -0.05) is 30.3 Å². The van der Waals surface area contributed by atoms with Gasteiger partial charge in [-0.15, -0.1) is 0 Å². The molecule has 20 heavy (non-hydrogen) atoms. The number of imidazole rings is 1. The Balaban J connectivity index is 1.58. The lowest BCUT2D eigenvalue weighted by Crippen LogP contribution is -2.47. The molecular weight excluding hydrogens is 252 g/mol. The number of carbonyl (C=O) groups is 1. The number of hydrogen-bond acceptors (Lipinski definition) is 3. The third-order valence-corrected chi connectivity index (χ3v) is 4.18. The first-order valence-corrected chi connectivity index (χ1v) is 6.95. The van der Waals surface area contributed by atoms with Crippen molar-refractivity contribution in [2.24, 2.45) is 0 Å². The molecule has 102 valence electrons. The first-order chi connectivity index (χ1) is 9.81. The molecule has 0 spiro atoms. The number of hydrogen-bond donors (Lipinski definition) is 1. The summed E-state index contributed by atoms with van der Waals surface area (Å²) in [6, 6.07) is 10.8. The molecule has 5 heteroatoms. The number of aromatic nitrogens is 2. The van der Waals surface area contributed by atoms with Crippen LogP contribution >= 0.6 is 0 Å². The van der Waals surface area contributed by atoms with Crippen LogP contribution in [0.5, 0.6) is 0 Å². The zero-order valence-electron chi connectivity index (χ0n) is 11.1. The summed E-state index contributed by atoms with van der Waals surface area (Å²) in [5.74, 6) is 0. The molecule has 0 saturated carbocycles. The van der Waals surface area contributed by atoms with E-state index in [0.29, 0.717) is 12.1 Å². The Bertz CT molecular complexity index is 636. The molecule has 0 aliphatic carbocycles. The Morgan fingerprint density at radius 1 is 1.30 bits per heavy atom. The van der Waals surface area contributed by atoms with E-state index in [1.165, 1.54) is 0 Å². The van der Waals surface area contributed by atoms with Crippen LogP contribution in [0.4, 0.5) is 4.79 Å². The first-order valence-electron chi connectivity index (χ1n) is 6.95. The second-order valence-electron chi connectivity index (χ2n) is 5.46. The van der Waals surface area contributed by atoms with E-state index in [2.05, 4.69) is 10.3 Å². The maximum absolute atomic E-state index is 12.5. The molecule has 1 aromatic carbocycles. The Kier molecular flexibility index (Phi) is 2.60. The fourth-order valence-corrected chi connectivity index (χ4v) is 3.13. The highest BCUT2D eigenvalue weighted by Gasteiger charge is 2.40. The zero-order valence-corrected chi connectivity index (χ0v) is 11.1. The third kappa shape index (κ3) is 1.82. The minimum Gasteiger partial charge on any atom is -0.318 e. The molecular formula is C15H16N4O. The van der Waals surface area contributed by atoms with Crippen LogP contribution in [0, 0.1) is 0 Å². The molecule has 2 saturated heterocycles. The molecule has 1 N–H and O–H groups in total. The predicted octanol–water partition coefficient (Wildman–Crippen LogP) is 1.56. The van der Waals surface area contributed by atoms with Crippen molar-refractivity contribution in [1.82, 2.24) is 19.8 Å². The van der Waals surface area contributed by atoms with Gasteiger partial charge in [-0.2, -0.15) is 0 Å². The maximum Gasteiger partial charge on any atom is 0.329 e. The van der Waals surface area contributed by atoms with Crippen molar-refractivity contribution < 1.29 is 4.79 Å². The molecule has 1 aromatic heterocycles. The van der Waals surface area contributed by atoms with E-state index >= 15 is 0 Å². The lowest BCUT2D eigenvalue weighted by Gasteiger charge is -2.27. The van der Waals surface area contributed by atoms with Gasteiger partial charge in [0.25, 0.3) is 0 Å². The Morgan fingerprint density at radius 2 is 2.15 bits per heavy atom. The normalized spacial score (nSPS) is 24.3. The van der Waals surface area contributed by atoms with Crippen molar-refractivity contribution in [3.63, 3.8) is 0 Å². The second kappa shape index (κ2) is 4.45. The van der Waals surface area contributed by atoms with Gasteiger partial charge < -0.3 is 10.2 Å². The van der Waals surface area contributed by atoms with Gasteiger partial charge in [0.2, 0.25) is 0 Å². The quantitative estimate of drug-likeness (QED) is 0.854. The van der Waals surface area contributed by atoms with Crippen LogP contribution in [0.3, 0.4) is 0 Å². The third-order valence-electron chi connectivity index (χ3n) is 4.18. The summed E-state index contributed by atoms with van der Waals surface area (Å²) >= 11 is 0. The molecule has 2 atom stereocenters. The number of carbonyl (C=O) groups excluding carboxylic acids is 1. The number of nitrogens with one attached hydrogen (secondary N) is 1. The average Bonchev–Trinajstić information content (AvgIpc) is 3.23. The van der Waals surface area contributed by atoms with E-state index in [0.717, 1.165) is 30.8 Å². The Hall–Kier alpha value is -2.14. The molecule has 2 unspecified atom stereocenters. The second-order valence-corrected chi connectivity index (χ2v) is 5.46. The van der Waals surface area contributed by atoms with Gasteiger partial charge in [-0.3, -0.25) is 4.57 Å². The van der Waals surface area contributed by atoms with Crippen LogP contribution in [0.1, 0.15) is 6.42 Å². The van der Waals surface area contributed by atoms with Gasteiger partial charge in [0, 0.05) is 36.9 Å². The number of likely N-dealkylation sites (tertiary alicyclic amines) is 1. The fourth-order valence-electron chi connectivity index (χ4n) is 3.13. The van der Waals surface area contributed by atoms with E-state index < -0.39 is 0 Å². The summed E-state index contributed by atoms with van der Waals surface area (Å²) in [5.41, 5.74) is 1.87. The van der Waals surface area contributed by atoms with Crippen LogP contribution < -0.4 is 5.32 Å². The Morgan fingerprint density at radius 3 is 2.85 bits per heavy atom. The highest BCUT2D eigenvalue weighted by Crippen LogP contribution is 2.24. The number of amides is 1. The summed E-state index contributed by atoms with van der Waals surface area (Å²) in [6.07, 6.45) is 4.51. The standard InChI is InChI=1S/C15H16N4O/c20-15(19-8-12-6-13(19)7-16-12)18-9-14(17-10-18)11-4-2-1-3-5-11/h1-5,9-10,12-13,16H,6-8H2. The van der Waals surface area contributed by atoms with E-state index in [1.807, 2.05) is 41.4 Å².